The van der Waals surface area contributed by atoms with Crippen LogP contribution in [0.2, 0.25) is 0 Å². The highest BCUT2D eigenvalue weighted by Crippen LogP contribution is 2.17. The van der Waals surface area contributed by atoms with Gasteiger partial charge in [0.1, 0.15) is 0 Å². The lowest BCUT2D eigenvalue weighted by atomic mass is 10.1. The molecule has 124 valence electrons. The van der Waals surface area contributed by atoms with Crippen molar-refractivity contribution in [3.05, 3.63) is 65.2 Å². The molecular formula is C18H18N2O3S. The Balaban J connectivity index is 2.21. The molecule has 2 aromatic carbocycles. The Hall–Kier alpha value is -2.65. The second-order valence-electron chi connectivity index (χ2n) is 5.36. The SMILES string of the molecule is CCS(=O)(=O)c1cccc(C(=O)N[C@@H](C)c2cccc(C#N)c2)c1. The van der Waals surface area contributed by atoms with E-state index in [1.807, 2.05) is 6.07 Å². The Kier molecular flexibility index (Phi) is 5.37. The van der Waals surface area contributed by atoms with Crippen molar-refractivity contribution in [2.75, 3.05) is 5.75 Å². The standard InChI is InChI=1S/C18H18N2O3S/c1-3-24(22,23)17-9-5-8-16(11-17)18(21)20-13(2)15-7-4-6-14(10-15)12-19/h4-11,13H,3H2,1-2H3,(H,20,21)/t13-/m0/s1. The molecule has 24 heavy (non-hydrogen) atoms. The molecule has 0 aliphatic rings. The van der Waals surface area contributed by atoms with E-state index in [2.05, 4.69) is 11.4 Å². The van der Waals surface area contributed by atoms with E-state index in [1.165, 1.54) is 12.1 Å². The molecule has 2 aromatic rings. The fourth-order valence-corrected chi connectivity index (χ4v) is 3.16. The van der Waals surface area contributed by atoms with Crippen LogP contribution in [0.5, 0.6) is 0 Å². The average Bonchev–Trinajstić information content (AvgIpc) is 2.61. The van der Waals surface area contributed by atoms with E-state index >= 15 is 0 Å². The monoisotopic (exact) mass is 342 g/mol. The van der Waals surface area contributed by atoms with Gasteiger partial charge in [0.05, 0.1) is 28.3 Å². The Labute approximate surface area is 141 Å². The second-order valence-corrected chi connectivity index (χ2v) is 7.64. The zero-order valence-corrected chi connectivity index (χ0v) is 14.3. The summed E-state index contributed by atoms with van der Waals surface area (Å²) in [5.74, 6) is -0.381. The molecule has 0 aliphatic carbocycles. The van der Waals surface area contributed by atoms with Crippen molar-refractivity contribution < 1.29 is 13.2 Å². The molecule has 5 nitrogen and oxygen atoms in total. The number of hydrogen-bond donors (Lipinski definition) is 1. The summed E-state index contributed by atoms with van der Waals surface area (Å²) in [4.78, 5) is 12.5. The first-order valence-electron chi connectivity index (χ1n) is 7.51. The van der Waals surface area contributed by atoms with Crippen molar-refractivity contribution in [1.29, 1.82) is 5.26 Å². The maximum Gasteiger partial charge on any atom is 0.251 e. The van der Waals surface area contributed by atoms with Gasteiger partial charge >= 0.3 is 0 Å². The number of amides is 1. The number of hydrogen-bond acceptors (Lipinski definition) is 4. The predicted molar refractivity (Wildman–Crippen MR) is 91.2 cm³/mol. The van der Waals surface area contributed by atoms with Crippen molar-refractivity contribution in [2.24, 2.45) is 0 Å². The fourth-order valence-electron chi connectivity index (χ4n) is 2.24. The Morgan fingerprint density at radius 3 is 2.58 bits per heavy atom. The third-order valence-electron chi connectivity index (χ3n) is 3.70. The minimum absolute atomic E-state index is 0.0184. The van der Waals surface area contributed by atoms with Crippen LogP contribution in [0, 0.1) is 11.3 Å². The van der Waals surface area contributed by atoms with E-state index in [0.717, 1.165) is 5.56 Å². The van der Waals surface area contributed by atoms with Crippen molar-refractivity contribution in [3.8, 4) is 6.07 Å². The Morgan fingerprint density at radius 1 is 1.21 bits per heavy atom. The molecule has 1 atom stereocenters. The van der Waals surface area contributed by atoms with Gasteiger partial charge in [-0.25, -0.2) is 8.42 Å². The maximum atomic E-state index is 12.4. The molecule has 0 saturated carbocycles. The fraction of sp³-hybridized carbons (Fsp3) is 0.222. The Bertz CT molecular complexity index is 898. The van der Waals surface area contributed by atoms with Crippen molar-refractivity contribution in [3.63, 3.8) is 0 Å². The summed E-state index contributed by atoms with van der Waals surface area (Å²) in [5.41, 5.74) is 1.61. The van der Waals surface area contributed by atoms with Crippen LogP contribution in [0.15, 0.2) is 53.4 Å². The van der Waals surface area contributed by atoms with Gasteiger partial charge in [-0.3, -0.25) is 4.79 Å². The highest BCUT2D eigenvalue weighted by Gasteiger charge is 2.16. The number of rotatable bonds is 5. The van der Waals surface area contributed by atoms with Crippen LogP contribution in [0.4, 0.5) is 0 Å². The molecule has 6 heteroatoms. The molecule has 0 fully saturated rings. The number of nitrogens with one attached hydrogen (secondary N) is 1. The van der Waals surface area contributed by atoms with Crippen LogP contribution in [0.1, 0.15) is 41.4 Å². The summed E-state index contributed by atoms with van der Waals surface area (Å²) in [7, 11) is -3.36. The van der Waals surface area contributed by atoms with Crippen LogP contribution in [0.25, 0.3) is 0 Å². The summed E-state index contributed by atoms with van der Waals surface area (Å²) in [5, 5.41) is 11.8. The highest BCUT2D eigenvalue weighted by atomic mass is 32.2. The molecule has 1 N–H and O–H groups in total. The normalized spacial score (nSPS) is 12.2. The summed E-state index contributed by atoms with van der Waals surface area (Å²) in [6.07, 6.45) is 0. The molecule has 0 aliphatic heterocycles. The van der Waals surface area contributed by atoms with Gasteiger partial charge in [-0.2, -0.15) is 5.26 Å². The molecule has 0 heterocycles. The lowest BCUT2D eigenvalue weighted by Crippen LogP contribution is -2.26. The second kappa shape index (κ2) is 7.28. The number of nitriles is 1. The smallest absolute Gasteiger partial charge is 0.251 e. The van der Waals surface area contributed by atoms with Gasteiger partial charge < -0.3 is 5.32 Å². The van der Waals surface area contributed by atoms with E-state index in [1.54, 1.807) is 44.2 Å². The summed E-state index contributed by atoms with van der Waals surface area (Å²) < 4.78 is 23.9. The van der Waals surface area contributed by atoms with Crippen molar-refractivity contribution in [1.82, 2.24) is 5.32 Å². The summed E-state index contributed by atoms with van der Waals surface area (Å²) >= 11 is 0. The van der Waals surface area contributed by atoms with Gasteiger partial charge in [-0.1, -0.05) is 25.1 Å². The lowest BCUT2D eigenvalue weighted by Gasteiger charge is -2.15. The van der Waals surface area contributed by atoms with Crippen molar-refractivity contribution in [2.45, 2.75) is 24.8 Å². The number of carbonyl (C=O) groups excluding carboxylic acids is 1. The molecule has 0 unspecified atom stereocenters. The van der Waals surface area contributed by atoms with E-state index in [9.17, 15) is 13.2 Å². The van der Waals surface area contributed by atoms with Gasteiger partial charge in [0.25, 0.3) is 5.91 Å². The molecule has 0 aromatic heterocycles. The van der Waals surface area contributed by atoms with Crippen LogP contribution in [-0.2, 0) is 9.84 Å². The first-order valence-corrected chi connectivity index (χ1v) is 9.16. The molecular weight excluding hydrogens is 324 g/mol. The van der Waals surface area contributed by atoms with Gasteiger partial charge in [0.15, 0.2) is 9.84 Å². The zero-order chi connectivity index (χ0) is 17.7. The quantitative estimate of drug-likeness (QED) is 0.905. The zero-order valence-electron chi connectivity index (χ0n) is 13.5. The molecule has 0 radical (unpaired) electrons. The third-order valence-corrected chi connectivity index (χ3v) is 5.43. The summed E-state index contributed by atoms with van der Waals surface area (Å²) in [6, 6.07) is 14.7. The number of nitrogens with zero attached hydrogens (tertiary/aromatic N) is 1. The molecule has 0 spiro atoms. The van der Waals surface area contributed by atoms with E-state index in [0.29, 0.717) is 5.56 Å². The third kappa shape index (κ3) is 4.00. The maximum absolute atomic E-state index is 12.4. The first-order chi connectivity index (χ1) is 11.4. The number of carbonyl (C=O) groups is 1. The van der Waals surface area contributed by atoms with Gasteiger partial charge in [-0.15, -0.1) is 0 Å². The largest absolute Gasteiger partial charge is 0.346 e. The van der Waals surface area contributed by atoms with Crippen LogP contribution in [0.3, 0.4) is 0 Å². The first kappa shape index (κ1) is 17.7. The molecule has 2 rings (SSSR count). The lowest BCUT2D eigenvalue weighted by molar-refractivity contribution is 0.0939. The van der Waals surface area contributed by atoms with Gasteiger partial charge in [0, 0.05) is 5.56 Å². The van der Waals surface area contributed by atoms with Crippen LogP contribution in [-0.4, -0.2) is 20.1 Å². The molecule has 1 amide bonds. The van der Waals surface area contributed by atoms with Crippen LogP contribution < -0.4 is 5.32 Å². The van der Waals surface area contributed by atoms with Gasteiger partial charge in [-0.05, 0) is 42.8 Å². The average molecular weight is 342 g/mol. The highest BCUT2D eigenvalue weighted by molar-refractivity contribution is 7.91. The Morgan fingerprint density at radius 2 is 1.92 bits per heavy atom. The van der Waals surface area contributed by atoms with E-state index < -0.39 is 9.84 Å². The van der Waals surface area contributed by atoms with Crippen LogP contribution >= 0.6 is 0 Å². The minimum atomic E-state index is -3.36. The number of sulfone groups is 1. The van der Waals surface area contributed by atoms with Gasteiger partial charge in [0.2, 0.25) is 0 Å². The molecule has 0 bridgehead atoms. The predicted octanol–water partition coefficient (Wildman–Crippen LogP) is 2.84. The van der Waals surface area contributed by atoms with Crippen molar-refractivity contribution >= 4 is 15.7 Å². The minimum Gasteiger partial charge on any atom is -0.346 e. The van der Waals surface area contributed by atoms with E-state index in [4.69, 9.17) is 5.26 Å². The molecule has 0 saturated heterocycles. The van der Waals surface area contributed by atoms with E-state index in [-0.39, 0.29) is 28.2 Å². The topological polar surface area (TPSA) is 87.0 Å². The summed E-state index contributed by atoms with van der Waals surface area (Å²) in [6.45, 7) is 3.37. The number of benzene rings is 2.